The van der Waals surface area contributed by atoms with Crippen molar-refractivity contribution in [2.75, 3.05) is 19.6 Å². The lowest BCUT2D eigenvalue weighted by Gasteiger charge is -2.27. The highest BCUT2D eigenvalue weighted by molar-refractivity contribution is 5.85. The van der Waals surface area contributed by atoms with E-state index in [1.807, 2.05) is 0 Å². The number of hydrogen-bond donors (Lipinski definition) is 1. The van der Waals surface area contributed by atoms with E-state index >= 15 is 0 Å². The van der Waals surface area contributed by atoms with Crippen LogP contribution in [-0.4, -0.2) is 36.5 Å². The zero-order valence-electron chi connectivity index (χ0n) is 12.8. The highest BCUT2D eigenvalue weighted by Crippen LogP contribution is 2.16. The molecule has 0 aromatic heterocycles. The molecule has 4 heteroatoms. The van der Waals surface area contributed by atoms with Gasteiger partial charge < -0.3 is 10.2 Å². The van der Waals surface area contributed by atoms with Crippen LogP contribution in [0.1, 0.15) is 59.3 Å². The lowest BCUT2D eigenvalue weighted by Crippen LogP contribution is -2.37. The Morgan fingerprint density at radius 2 is 2.11 bits per heavy atom. The fourth-order valence-electron chi connectivity index (χ4n) is 2.64. The molecule has 3 nitrogen and oxygen atoms in total. The Labute approximate surface area is 124 Å². The van der Waals surface area contributed by atoms with Crippen molar-refractivity contribution in [3.63, 3.8) is 0 Å². The van der Waals surface area contributed by atoms with Crippen LogP contribution in [0.4, 0.5) is 0 Å². The van der Waals surface area contributed by atoms with Crippen molar-refractivity contribution >= 4 is 18.3 Å². The molecule has 1 rings (SSSR count). The number of nitrogens with zero attached hydrogens (tertiary/aromatic N) is 1. The van der Waals surface area contributed by atoms with Crippen LogP contribution in [-0.2, 0) is 4.79 Å². The molecule has 0 saturated carbocycles. The van der Waals surface area contributed by atoms with Gasteiger partial charge in [-0.3, -0.25) is 4.79 Å². The fourth-order valence-corrected chi connectivity index (χ4v) is 2.64. The summed E-state index contributed by atoms with van der Waals surface area (Å²) < 4.78 is 0. The van der Waals surface area contributed by atoms with Crippen molar-refractivity contribution in [2.45, 2.75) is 65.3 Å². The molecule has 1 unspecified atom stereocenters. The maximum atomic E-state index is 12.2. The highest BCUT2D eigenvalue weighted by atomic mass is 35.5. The van der Waals surface area contributed by atoms with Crippen LogP contribution in [0.25, 0.3) is 0 Å². The zero-order valence-corrected chi connectivity index (χ0v) is 13.6. The lowest BCUT2D eigenvalue weighted by atomic mass is 10.0. The van der Waals surface area contributed by atoms with Gasteiger partial charge in [0.1, 0.15) is 0 Å². The third-order valence-electron chi connectivity index (χ3n) is 3.88. The summed E-state index contributed by atoms with van der Waals surface area (Å²) in [5.41, 5.74) is 0. The van der Waals surface area contributed by atoms with E-state index in [0.29, 0.717) is 11.9 Å². The largest absolute Gasteiger partial charge is 0.340 e. The number of halogens is 1. The normalized spacial score (nSPS) is 18.4. The Morgan fingerprint density at radius 3 is 2.63 bits per heavy atom. The molecule has 19 heavy (non-hydrogen) atoms. The molecular formula is C15H31ClN2O. The predicted molar refractivity (Wildman–Crippen MR) is 83.8 cm³/mol. The van der Waals surface area contributed by atoms with Gasteiger partial charge in [-0.05, 0) is 52.1 Å². The van der Waals surface area contributed by atoms with Gasteiger partial charge in [0, 0.05) is 19.0 Å². The summed E-state index contributed by atoms with van der Waals surface area (Å²) in [4.78, 5) is 14.3. The van der Waals surface area contributed by atoms with Crippen LogP contribution in [0, 0.1) is 5.92 Å². The first-order valence-electron chi connectivity index (χ1n) is 7.65. The van der Waals surface area contributed by atoms with E-state index in [4.69, 9.17) is 0 Å². The minimum Gasteiger partial charge on any atom is -0.340 e. The summed E-state index contributed by atoms with van der Waals surface area (Å²) in [6.07, 6.45) is 6.62. The molecule has 0 aromatic rings. The minimum atomic E-state index is 0. The molecule has 0 radical (unpaired) electrons. The van der Waals surface area contributed by atoms with Crippen molar-refractivity contribution in [3.05, 3.63) is 0 Å². The van der Waals surface area contributed by atoms with Crippen molar-refractivity contribution in [1.82, 2.24) is 10.2 Å². The number of carbonyl (C=O) groups is 1. The van der Waals surface area contributed by atoms with Crippen LogP contribution >= 0.6 is 12.4 Å². The second-order valence-electron chi connectivity index (χ2n) is 5.79. The maximum Gasteiger partial charge on any atom is 0.222 e. The van der Waals surface area contributed by atoms with Gasteiger partial charge in [-0.15, -0.1) is 12.4 Å². The number of nitrogens with one attached hydrogen (secondary N) is 1. The molecule has 0 aromatic carbocycles. The molecule has 1 heterocycles. The van der Waals surface area contributed by atoms with Crippen molar-refractivity contribution in [1.29, 1.82) is 0 Å². The topological polar surface area (TPSA) is 32.3 Å². The van der Waals surface area contributed by atoms with Crippen molar-refractivity contribution in [2.24, 2.45) is 5.92 Å². The molecule has 114 valence electrons. The Kier molecular flexibility index (Phi) is 10.3. The van der Waals surface area contributed by atoms with Crippen LogP contribution in [0.15, 0.2) is 0 Å². The monoisotopic (exact) mass is 290 g/mol. The molecular weight excluding hydrogens is 260 g/mol. The van der Waals surface area contributed by atoms with Crippen LogP contribution in [0.2, 0.25) is 0 Å². The Bertz CT molecular complexity index is 240. The number of rotatable bonds is 8. The Hall–Kier alpha value is -0.280. The van der Waals surface area contributed by atoms with E-state index in [1.165, 1.54) is 19.3 Å². The molecule has 0 spiro atoms. The zero-order chi connectivity index (χ0) is 13.4. The number of unbranched alkanes of at least 4 members (excludes halogenated alkanes) is 2. The maximum absolute atomic E-state index is 12.2. The van der Waals surface area contributed by atoms with Gasteiger partial charge in [0.2, 0.25) is 5.91 Å². The van der Waals surface area contributed by atoms with Gasteiger partial charge in [0.05, 0.1) is 0 Å². The number of amides is 1. The lowest BCUT2D eigenvalue weighted by molar-refractivity contribution is -0.133. The predicted octanol–water partition coefficient (Wildman–Crippen LogP) is 3.23. The van der Waals surface area contributed by atoms with Gasteiger partial charge in [-0.25, -0.2) is 0 Å². The van der Waals surface area contributed by atoms with E-state index in [9.17, 15) is 4.79 Å². The van der Waals surface area contributed by atoms with Crippen LogP contribution in [0.3, 0.4) is 0 Å². The van der Waals surface area contributed by atoms with E-state index in [-0.39, 0.29) is 12.4 Å². The first-order valence-corrected chi connectivity index (χ1v) is 7.65. The van der Waals surface area contributed by atoms with Crippen LogP contribution in [0.5, 0.6) is 0 Å². The molecule has 0 aliphatic carbocycles. The second kappa shape index (κ2) is 10.5. The van der Waals surface area contributed by atoms with Crippen molar-refractivity contribution in [3.8, 4) is 0 Å². The van der Waals surface area contributed by atoms with Gasteiger partial charge in [-0.2, -0.15) is 0 Å². The molecule has 1 aliphatic rings. The first kappa shape index (κ1) is 18.7. The van der Waals surface area contributed by atoms with Gasteiger partial charge in [0.25, 0.3) is 0 Å². The molecule has 0 bridgehead atoms. The third-order valence-corrected chi connectivity index (χ3v) is 3.88. The van der Waals surface area contributed by atoms with Crippen LogP contribution < -0.4 is 5.32 Å². The average Bonchev–Trinajstić information content (AvgIpc) is 2.84. The molecule has 1 amide bonds. The summed E-state index contributed by atoms with van der Waals surface area (Å²) in [6.45, 7) is 9.62. The fraction of sp³-hybridized carbons (Fsp3) is 0.933. The molecule has 1 saturated heterocycles. The van der Waals surface area contributed by atoms with E-state index in [2.05, 4.69) is 31.0 Å². The molecule has 1 atom stereocenters. The third kappa shape index (κ3) is 7.17. The summed E-state index contributed by atoms with van der Waals surface area (Å²) in [6, 6.07) is 0.344. The first-order chi connectivity index (χ1) is 8.65. The quantitative estimate of drug-likeness (QED) is 0.696. The summed E-state index contributed by atoms with van der Waals surface area (Å²) in [5.74, 6) is 1.08. The minimum absolute atomic E-state index is 0. The molecule has 1 aliphatic heterocycles. The number of hydrogen-bond acceptors (Lipinski definition) is 2. The Balaban J connectivity index is 0.00000324. The van der Waals surface area contributed by atoms with E-state index in [0.717, 1.165) is 44.8 Å². The molecule has 1 N–H and O–H groups in total. The second-order valence-corrected chi connectivity index (χ2v) is 5.79. The standard InChI is InChI=1S/C15H30N2O.ClH/c1-4-5-6-11-17(13(2)3)15(18)8-7-14-9-10-16-12-14;/h13-14,16H,4-12H2,1-3H3;1H. The molecule has 1 fully saturated rings. The van der Waals surface area contributed by atoms with Gasteiger partial charge in [0.15, 0.2) is 0 Å². The van der Waals surface area contributed by atoms with Gasteiger partial charge in [-0.1, -0.05) is 19.8 Å². The number of carbonyl (C=O) groups excluding carboxylic acids is 1. The Morgan fingerprint density at radius 1 is 1.37 bits per heavy atom. The smallest absolute Gasteiger partial charge is 0.222 e. The van der Waals surface area contributed by atoms with E-state index < -0.39 is 0 Å². The van der Waals surface area contributed by atoms with E-state index in [1.54, 1.807) is 0 Å². The highest BCUT2D eigenvalue weighted by Gasteiger charge is 2.20. The average molecular weight is 291 g/mol. The van der Waals surface area contributed by atoms with Crippen molar-refractivity contribution < 1.29 is 4.79 Å². The SMILES string of the molecule is CCCCCN(C(=O)CCC1CCNC1)C(C)C.Cl. The van der Waals surface area contributed by atoms with Gasteiger partial charge >= 0.3 is 0 Å². The summed E-state index contributed by atoms with van der Waals surface area (Å²) in [5, 5.41) is 3.37. The summed E-state index contributed by atoms with van der Waals surface area (Å²) >= 11 is 0. The summed E-state index contributed by atoms with van der Waals surface area (Å²) in [7, 11) is 0.